The highest BCUT2D eigenvalue weighted by Crippen LogP contribution is 2.23. The molecule has 0 bridgehead atoms. The lowest BCUT2D eigenvalue weighted by molar-refractivity contribution is -0.150. The predicted octanol–water partition coefficient (Wildman–Crippen LogP) is 3.35. The van der Waals surface area contributed by atoms with Crippen molar-refractivity contribution < 1.29 is 18.3 Å². The molecule has 2 atom stereocenters. The Morgan fingerprint density at radius 3 is 2.62 bits per heavy atom. The number of halogens is 4. The molecule has 2 N–H and O–H groups in total. The van der Waals surface area contributed by atoms with E-state index in [1.54, 1.807) is 37.3 Å². The number of aliphatic hydroxyl groups is 1. The first-order chi connectivity index (χ1) is 13.7. The number of nitrogens with one attached hydrogen (secondary N) is 1. The third-order valence-electron chi connectivity index (χ3n) is 4.86. The van der Waals surface area contributed by atoms with Crippen LogP contribution in [0.15, 0.2) is 36.7 Å². The molecule has 0 spiro atoms. The first kappa shape index (κ1) is 21.6. The Balaban J connectivity index is 1.57. The summed E-state index contributed by atoms with van der Waals surface area (Å²) in [5.74, 6) is 1.18. The molecule has 0 aliphatic carbocycles. The first-order valence-corrected chi connectivity index (χ1v) is 9.64. The average Bonchev–Trinajstić information content (AvgIpc) is 2.67. The molecule has 1 fully saturated rings. The second-order valence-corrected chi connectivity index (χ2v) is 7.53. The van der Waals surface area contributed by atoms with Crippen molar-refractivity contribution in [3.8, 4) is 0 Å². The van der Waals surface area contributed by atoms with Crippen molar-refractivity contribution in [2.45, 2.75) is 25.2 Å². The molecule has 1 unspecified atom stereocenters. The van der Waals surface area contributed by atoms with Crippen LogP contribution in [-0.2, 0) is 0 Å². The summed E-state index contributed by atoms with van der Waals surface area (Å²) >= 11 is 5.85. The molecule has 0 amide bonds. The van der Waals surface area contributed by atoms with E-state index in [0.29, 0.717) is 36.3 Å². The zero-order valence-electron chi connectivity index (χ0n) is 15.9. The van der Waals surface area contributed by atoms with Crippen molar-refractivity contribution in [2.75, 3.05) is 42.9 Å². The topological polar surface area (TPSA) is 64.5 Å². The number of aromatic nitrogens is 2. The number of aliphatic hydroxyl groups excluding tert-OH is 1. The molecule has 1 aromatic heterocycles. The van der Waals surface area contributed by atoms with Crippen molar-refractivity contribution in [1.29, 1.82) is 0 Å². The SMILES string of the molecule is C[C@@H]1CN(c2cc(NCC(O)c3ccc(Cl)cc3)ncn2)CCN1CC(F)(F)F. The Morgan fingerprint density at radius 1 is 1.24 bits per heavy atom. The Hall–Kier alpha value is -2.10. The van der Waals surface area contributed by atoms with Crippen molar-refractivity contribution in [3.63, 3.8) is 0 Å². The zero-order chi connectivity index (χ0) is 21.0. The molecule has 0 saturated carbocycles. The fraction of sp³-hybridized carbons (Fsp3) is 0.474. The number of benzene rings is 1. The van der Waals surface area contributed by atoms with Crippen LogP contribution < -0.4 is 10.2 Å². The van der Waals surface area contributed by atoms with Crippen LogP contribution in [0, 0.1) is 0 Å². The number of hydrogen-bond donors (Lipinski definition) is 2. The van der Waals surface area contributed by atoms with Crippen molar-refractivity contribution in [1.82, 2.24) is 14.9 Å². The molecule has 1 aliphatic rings. The van der Waals surface area contributed by atoms with E-state index in [1.165, 1.54) is 11.2 Å². The standard InChI is InChI=1S/C19H23ClF3N5O/c1-13-10-27(6-7-28(13)11-19(21,22)23)18-8-17(25-12-26-18)24-9-16(29)14-2-4-15(20)5-3-14/h2-5,8,12-13,16,29H,6-7,9-11H2,1H3,(H,24,25,26)/t13-,16?/m1/s1. The number of hydrogen-bond acceptors (Lipinski definition) is 6. The molecule has 2 aromatic rings. The largest absolute Gasteiger partial charge is 0.401 e. The van der Waals surface area contributed by atoms with Gasteiger partial charge >= 0.3 is 6.18 Å². The second-order valence-electron chi connectivity index (χ2n) is 7.09. The molecule has 1 saturated heterocycles. The molecular formula is C19H23ClF3N5O. The molecular weight excluding hydrogens is 407 g/mol. The van der Waals surface area contributed by atoms with Gasteiger partial charge in [-0.2, -0.15) is 13.2 Å². The monoisotopic (exact) mass is 429 g/mol. The molecule has 3 rings (SSSR count). The van der Waals surface area contributed by atoms with Gasteiger partial charge in [0.25, 0.3) is 0 Å². The molecule has 10 heteroatoms. The molecule has 158 valence electrons. The molecule has 2 heterocycles. The summed E-state index contributed by atoms with van der Waals surface area (Å²) in [6, 6.07) is 8.42. The summed E-state index contributed by atoms with van der Waals surface area (Å²) in [4.78, 5) is 11.8. The van der Waals surface area contributed by atoms with Crippen LogP contribution in [0.1, 0.15) is 18.6 Å². The summed E-state index contributed by atoms with van der Waals surface area (Å²) in [6.45, 7) is 2.32. The number of rotatable bonds is 6. The normalized spacial score (nSPS) is 19.2. The lowest BCUT2D eigenvalue weighted by atomic mass is 10.1. The Morgan fingerprint density at radius 2 is 1.97 bits per heavy atom. The summed E-state index contributed by atoms with van der Waals surface area (Å²) in [7, 11) is 0. The molecule has 1 aliphatic heterocycles. The van der Waals surface area contributed by atoms with E-state index in [4.69, 9.17) is 11.6 Å². The van der Waals surface area contributed by atoms with E-state index in [9.17, 15) is 18.3 Å². The smallest absolute Gasteiger partial charge is 0.387 e. The lowest BCUT2D eigenvalue weighted by Gasteiger charge is -2.40. The van der Waals surface area contributed by atoms with Crippen LogP contribution >= 0.6 is 11.6 Å². The maximum absolute atomic E-state index is 12.7. The van der Waals surface area contributed by atoms with Crippen LogP contribution in [0.2, 0.25) is 5.02 Å². The summed E-state index contributed by atoms with van der Waals surface area (Å²) in [6.07, 6.45) is -3.54. The van der Waals surface area contributed by atoms with E-state index < -0.39 is 18.8 Å². The highest BCUT2D eigenvalue weighted by Gasteiger charge is 2.35. The molecule has 6 nitrogen and oxygen atoms in total. The van der Waals surface area contributed by atoms with Gasteiger partial charge in [0.2, 0.25) is 0 Å². The Kier molecular flexibility index (Phi) is 6.81. The van der Waals surface area contributed by atoms with E-state index >= 15 is 0 Å². The van der Waals surface area contributed by atoms with Crippen LogP contribution in [0.4, 0.5) is 24.8 Å². The van der Waals surface area contributed by atoms with Crippen molar-refractivity contribution in [2.24, 2.45) is 0 Å². The van der Waals surface area contributed by atoms with Gasteiger partial charge in [-0.25, -0.2) is 9.97 Å². The molecule has 1 aromatic carbocycles. The van der Waals surface area contributed by atoms with Gasteiger partial charge in [-0.3, -0.25) is 4.90 Å². The number of alkyl halides is 3. The minimum atomic E-state index is -4.20. The molecule has 29 heavy (non-hydrogen) atoms. The van der Waals surface area contributed by atoms with Gasteiger partial charge in [0.05, 0.1) is 12.6 Å². The highest BCUT2D eigenvalue weighted by atomic mass is 35.5. The number of nitrogens with zero attached hydrogens (tertiary/aromatic N) is 4. The number of piperazine rings is 1. The summed E-state index contributed by atoms with van der Waals surface area (Å²) in [5.41, 5.74) is 0.728. The highest BCUT2D eigenvalue weighted by molar-refractivity contribution is 6.30. The predicted molar refractivity (Wildman–Crippen MR) is 106 cm³/mol. The Bertz CT molecular complexity index is 805. The van der Waals surface area contributed by atoms with Crippen LogP contribution in [0.5, 0.6) is 0 Å². The minimum absolute atomic E-state index is 0.244. The first-order valence-electron chi connectivity index (χ1n) is 9.26. The van der Waals surface area contributed by atoms with Gasteiger partial charge in [-0.1, -0.05) is 23.7 Å². The van der Waals surface area contributed by atoms with E-state index in [1.807, 2.05) is 4.90 Å². The fourth-order valence-corrected chi connectivity index (χ4v) is 3.42. The second kappa shape index (κ2) is 9.15. The summed E-state index contributed by atoms with van der Waals surface area (Å²) in [5, 5.41) is 14.0. The maximum Gasteiger partial charge on any atom is 0.401 e. The minimum Gasteiger partial charge on any atom is -0.387 e. The van der Waals surface area contributed by atoms with Crippen molar-refractivity contribution in [3.05, 3.63) is 47.2 Å². The number of anilines is 2. The maximum atomic E-state index is 12.7. The third kappa shape index (κ3) is 6.19. The van der Waals surface area contributed by atoms with Crippen LogP contribution in [-0.4, -0.2) is 64.9 Å². The fourth-order valence-electron chi connectivity index (χ4n) is 3.29. The van der Waals surface area contributed by atoms with E-state index in [-0.39, 0.29) is 12.6 Å². The van der Waals surface area contributed by atoms with Crippen molar-refractivity contribution >= 4 is 23.2 Å². The van der Waals surface area contributed by atoms with Gasteiger partial charge in [0, 0.05) is 43.3 Å². The van der Waals surface area contributed by atoms with E-state index in [2.05, 4.69) is 15.3 Å². The lowest BCUT2D eigenvalue weighted by Crippen LogP contribution is -2.54. The van der Waals surface area contributed by atoms with Gasteiger partial charge < -0.3 is 15.3 Å². The third-order valence-corrected chi connectivity index (χ3v) is 5.11. The van der Waals surface area contributed by atoms with Gasteiger partial charge in [-0.15, -0.1) is 0 Å². The zero-order valence-corrected chi connectivity index (χ0v) is 16.7. The van der Waals surface area contributed by atoms with E-state index in [0.717, 1.165) is 5.56 Å². The van der Waals surface area contributed by atoms with Gasteiger partial charge in [-0.05, 0) is 24.6 Å². The average molecular weight is 430 g/mol. The van der Waals surface area contributed by atoms with Crippen LogP contribution in [0.25, 0.3) is 0 Å². The quantitative estimate of drug-likeness (QED) is 0.734. The van der Waals surface area contributed by atoms with Gasteiger partial charge in [0.1, 0.15) is 18.0 Å². The van der Waals surface area contributed by atoms with Gasteiger partial charge in [0.15, 0.2) is 0 Å². The summed E-state index contributed by atoms with van der Waals surface area (Å²) < 4.78 is 38.0. The molecule has 0 radical (unpaired) electrons. The van der Waals surface area contributed by atoms with Crippen LogP contribution in [0.3, 0.4) is 0 Å². The Labute approximate surface area is 172 Å².